The number of aryl methyl sites for hydroxylation is 1. The number of anilines is 1. The molecule has 1 N–H and O–H groups in total. The monoisotopic (exact) mass is 353 g/mol. The summed E-state index contributed by atoms with van der Waals surface area (Å²) >= 11 is 9.49. The summed E-state index contributed by atoms with van der Waals surface area (Å²) in [6, 6.07) is 12.2. The van der Waals surface area contributed by atoms with Gasteiger partial charge < -0.3 is 10.1 Å². The van der Waals surface area contributed by atoms with Gasteiger partial charge in [-0.2, -0.15) is 0 Å². The van der Waals surface area contributed by atoms with E-state index < -0.39 is 0 Å². The second kappa shape index (κ2) is 6.51. The number of hydrogen-bond acceptors (Lipinski definition) is 2. The van der Waals surface area contributed by atoms with Crippen LogP contribution in [0.5, 0.6) is 5.75 Å². The molecule has 1 atom stereocenters. The smallest absolute Gasteiger partial charge is 0.133 e. The lowest BCUT2D eigenvalue weighted by atomic mass is 10.1. The first-order chi connectivity index (χ1) is 9.51. The molecular formula is C16H17BrClNO. The highest BCUT2D eigenvalue weighted by molar-refractivity contribution is 9.10. The lowest BCUT2D eigenvalue weighted by Crippen LogP contribution is -2.07. The van der Waals surface area contributed by atoms with E-state index in [1.807, 2.05) is 31.2 Å². The maximum atomic E-state index is 5.98. The molecule has 0 aromatic heterocycles. The van der Waals surface area contributed by atoms with E-state index in [0.717, 1.165) is 26.5 Å². The van der Waals surface area contributed by atoms with Crippen LogP contribution in [0.4, 0.5) is 5.69 Å². The van der Waals surface area contributed by atoms with Crippen LogP contribution >= 0.6 is 27.5 Å². The molecular weight excluding hydrogens is 338 g/mol. The lowest BCUT2D eigenvalue weighted by molar-refractivity contribution is 0.412. The first-order valence-electron chi connectivity index (χ1n) is 6.37. The van der Waals surface area contributed by atoms with E-state index in [2.05, 4.69) is 40.3 Å². The Labute approximate surface area is 133 Å². The number of benzene rings is 2. The molecule has 2 aromatic carbocycles. The molecule has 20 heavy (non-hydrogen) atoms. The minimum absolute atomic E-state index is 0.192. The number of methoxy groups -OCH3 is 1. The van der Waals surface area contributed by atoms with Crippen molar-refractivity contribution < 1.29 is 4.74 Å². The number of rotatable bonds is 4. The van der Waals surface area contributed by atoms with Crippen LogP contribution in [0, 0.1) is 6.92 Å². The predicted molar refractivity (Wildman–Crippen MR) is 88.9 cm³/mol. The molecule has 0 amide bonds. The third-order valence-corrected chi connectivity index (χ3v) is 4.09. The third-order valence-electron chi connectivity index (χ3n) is 3.24. The summed E-state index contributed by atoms with van der Waals surface area (Å²) in [6.07, 6.45) is 0. The standard InChI is InChI=1S/C16H17BrClNO/c1-10-8-13(18)5-6-15(10)19-11(2)12-4-7-16(20-3)14(17)9-12/h4-9,11,19H,1-3H3. The van der Waals surface area contributed by atoms with Crippen molar-refractivity contribution in [2.24, 2.45) is 0 Å². The first kappa shape index (κ1) is 15.2. The normalized spacial score (nSPS) is 12.1. The minimum Gasteiger partial charge on any atom is -0.496 e. The van der Waals surface area contributed by atoms with Gasteiger partial charge in [0.1, 0.15) is 5.75 Å². The third kappa shape index (κ3) is 3.47. The van der Waals surface area contributed by atoms with Gasteiger partial charge in [-0.25, -0.2) is 0 Å². The van der Waals surface area contributed by atoms with Crippen LogP contribution in [-0.2, 0) is 0 Å². The first-order valence-corrected chi connectivity index (χ1v) is 7.54. The Morgan fingerprint density at radius 3 is 2.55 bits per heavy atom. The summed E-state index contributed by atoms with van der Waals surface area (Å²) in [5.41, 5.74) is 3.41. The van der Waals surface area contributed by atoms with Gasteiger partial charge in [-0.15, -0.1) is 0 Å². The largest absolute Gasteiger partial charge is 0.496 e. The van der Waals surface area contributed by atoms with E-state index in [4.69, 9.17) is 16.3 Å². The zero-order valence-electron chi connectivity index (χ0n) is 11.7. The molecule has 106 valence electrons. The van der Waals surface area contributed by atoms with Gasteiger partial charge in [-0.05, 0) is 71.2 Å². The fourth-order valence-electron chi connectivity index (χ4n) is 2.06. The zero-order chi connectivity index (χ0) is 14.7. The molecule has 0 saturated carbocycles. The molecule has 0 aliphatic carbocycles. The molecule has 2 nitrogen and oxygen atoms in total. The van der Waals surface area contributed by atoms with Gasteiger partial charge in [-0.1, -0.05) is 17.7 Å². The van der Waals surface area contributed by atoms with Gasteiger partial charge in [0.2, 0.25) is 0 Å². The van der Waals surface area contributed by atoms with E-state index in [0.29, 0.717) is 0 Å². The summed E-state index contributed by atoms with van der Waals surface area (Å²) in [5, 5.41) is 4.26. The highest BCUT2D eigenvalue weighted by Gasteiger charge is 2.09. The van der Waals surface area contributed by atoms with Crippen molar-refractivity contribution in [3.8, 4) is 5.75 Å². The Balaban J connectivity index is 2.19. The van der Waals surface area contributed by atoms with E-state index in [1.54, 1.807) is 7.11 Å². The van der Waals surface area contributed by atoms with Gasteiger partial charge >= 0.3 is 0 Å². The quantitative estimate of drug-likeness (QED) is 0.772. The topological polar surface area (TPSA) is 21.3 Å². The Morgan fingerprint density at radius 1 is 1.20 bits per heavy atom. The van der Waals surface area contributed by atoms with Gasteiger partial charge in [0.25, 0.3) is 0 Å². The highest BCUT2D eigenvalue weighted by Crippen LogP contribution is 2.30. The van der Waals surface area contributed by atoms with Gasteiger partial charge in [0.15, 0.2) is 0 Å². The molecule has 0 aliphatic rings. The van der Waals surface area contributed by atoms with Crippen LogP contribution in [0.2, 0.25) is 5.02 Å². The van der Waals surface area contributed by atoms with Gasteiger partial charge in [0.05, 0.1) is 11.6 Å². The van der Waals surface area contributed by atoms with Crippen LogP contribution in [-0.4, -0.2) is 7.11 Å². The van der Waals surface area contributed by atoms with Gasteiger partial charge in [0, 0.05) is 16.8 Å². The molecule has 2 aromatic rings. The molecule has 1 unspecified atom stereocenters. The average molecular weight is 355 g/mol. The van der Waals surface area contributed by atoms with Crippen LogP contribution in [0.15, 0.2) is 40.9 Å². The van der Waals surface area contributed by atoms with Crippen LogP contribution in [0.1, 0.15) is 24.1 Å². The Hall–Kier alpha value is -1.19. The molecule has 4 heteroatoms. The van der Waals surface area contributed by atoms with Crippen molar-refractivity contribution in [2.75, 3.05) is 12.4 Å². The molecule has 2 rings (SSSR count). The zero-order valence-corrected chi connectivity index (χ0v) is 14.0. The Morgan fingerprint density at radius 2 is 1.95 bits per heavy atom. The van der Waals surface area contributed by atoms with Crippen molar-refractivity contribution in [3.63, 3.8) is 0 Å². The summed E-state index contributed by atoms with van der Waals surface area (Å²) in [4.78, 5) is 0. The molecule has 0 bridgehead atoms. The summed E-state index contributed by atoms with van der Waals surface area (Å²) in [6.45, 7) is 4.17. The maximum absolute atomic E-state index is 5.98. The SMILES string of the molecule is COc1ccc(C(C)Nc2ccc(Cl)cc2C)cc1Br. The van der Waals surface area contributed by atoms with Gasteiger partial charge in [-0.3, -0.25) is 0 Å². The summed E-state index contributed by atoms with van der Waals surface area (Å²) in [5.74, 6) is 0.837. The Bertz CT molecular complexity index is 615. The average Bonchev–Trinajstić information content (AvgIpc) is 2.41. The maximum Gasteiger partial charge on any atom is 0.133 e. The number of halogens is 2. The van der Waals surface area contributed by atoms with E-state index >= 15 is 0 Å². The van der Waals surface area contributed by atoms with Crippen LogP contribution < -0.4 is 10.1 Å². The minimum atomic E-state index is 0.192. The Kier molecular flexibility index (Phi) is 4.95. The number of ether oxygens (including phenoxy) is 1. The van der Waals surface area contributed by atoms with Crippen molar-refractivity contribution >= 4 is 33.2 Å². The molecule has 0 spiro atoms. The second-order valence-electron chi connectivity index (χ2n) is 4.72. The van der Waals surface area contributed by atoms with Crippen molar-refractivity contribution in [1.29, 1.82) is 0 Å². The molecule has 0 heterocycles. The van der Waals surface area contributed by atoms with E-state index in [-0.39, 0.29) is 6.04 Å². The van der Waals surface area contributed by atoms with Crippen molar-refractivity contribution in [2.45, 2.75) is 19.9 Å². The van der Waals surface area contributed by atoms with E-state index in [9.17, 15) is 0 Å². The molecule has 0 aliphatic heterocycles. The highest BCUT2D eigenvalue weighted by atomic mass is 79.9. The fraction of sp³-hybridized carbons (Fsp3) is 0.250. The number of nitrogens with one attached hydrogen (secondary N) is 1. The second-order valence-corrected chi connectivity index (χ2v) is 6.01. The van der Waals surface area contributed by atoms with Crippen molar-refractivity contribution in [1.82, 2.24) is 0 Å². The predicted octanol–water partition coefficient (Wildman–Crippen LogP) is 5.59. The molecule has 0 radical (unpaired) electrons. The van der Waals surface area contributed by atoms with E-state index in [1.165, 1.54) is 5.56 Å². The van der Waals surface area contributed by atoms with Crippen LogP contribution in [0.3, 0.4) is 0 Å². The summed E-state index contributed by atoms with van der Waals surface area (Å²) < 4.78 is 6.21. The van der Waals surface area contributed by atoms with Crippen LogP contribution in [0.25, 0.3) is 0 Å². The number of hydrogen-bond donors (Lipinski definition) is 1. The molecule has 0 saturated heterocycles. The van der Waals surface area contributed by atoms with Crippen molar-refractivity contribution in [3.05, 3.63) is 57.0 Å². The summed E-state index contributed by atoms with van der Waals surface area (Å²) in [7, 11) is 1.67. The molecule has 0 fully saturated rings. The lowest BCUT2D eigenvalue weighted by Gasteiger charge is -2.18. The fourth-order valence-corrected chi connectivity index (χ4v) is 2.84.